The summed E-state index contributed by atoms with van der Waals surface area (Å²) >= 11 is 7.72. The standard InChI is InChI=1S/C14H23ClN2O2S2/c1-5-16-10-12-8-13(15)9-14(11(12)2)21(18,19)17(3)6-7-20-4/h8-9,16H,5-7,10H2,1-4H3. The normalized spacial score (nSPS) is 12.1. The zero-order chi connectivity index (χ0) is 16.0. The van der Waals surface area contributed by atoms with Crippen molar-refractivity contribution < 1.29 is 8.42 Å². The van der Waals surface area contributed by atoms with E-state index in [1.165, 1.54) is 10.4 Å². The molecule has 1 rings (SSSR count). The van der Waals surface area contributed by atoms with Crippen LogP contribution in [0.1, 0.15) is 18.1 Å². The third kappa shape index (κ3) is 4.86. The van der Waals surface area contributed by atoms with E-state index in [0.717, 1.165) is 23.4 Å². The highest BCUT2D eigenvalue weighted by molar-refractivity contribution is 7.98. The van der Waals surface area contributed by atoms with Crippen LogP contribution in [0.25, 0.3) is 0 Å². The first kappa shape index (κ1) is 18.8. The van der Waals surface area contributed by atoms with Crippen molar-refractivity contribution in [1.82, 2.24) is 9.62 Å². The van der Waals surface area contributed by atoms with Crippen molar-refractivity contribution in [2.24, 2.45) is 0 Å². The highest BCUT2D eigenvalue weighted by atomic mass is 35.5. The second-order valence-corrected chi connectivity index (χ2v) is 8.22. The fourth-order valence-corrected chi connectivity index (χ4v) is 4.27. The van der Waals surface area contributed by atoms with Crippen LogP contribution in [0.3, 0.4) is 0 Å². The van der Waals surface area contributed by atoms with Crippen LogP contribution in [-0.4, -0.2) is 44.9 Å². The Balaban J connectivity index is 3.19. The van der Waals surface area contributed by atoms with Crippen molar-refractivity contribution >= 4 is 33.4 Å². The fraction of sp³-hybridized carbons (Fsp3) is 0.571. The molecule has 0 fully saturated rings. The first-order chi connectivity index (χ1) is 9.84. The van der Waals surface area contributed by atoms with E-state index in [0.29, 0.717) is 23.0 Å². The van der Waals surface area contributed by atoms with E-state index in [4.69, 9.17) is 11.6 Å². The fourth-order valence-electron chi connectivity index (χ4n) is 1.93. The predicted octanol–water partition coefficient (Wildman–Crippen LogP) is 2.74. The Morgan fingerprint density at radius 1 is 1.38 bits per heavy atom. The number of rotatable bonds is 8. The lowest BCUT2D eigenvalue weighted by Crippen LogP contribution is -2.30. The summed E-state index contributed by atoms with van der Waals surface area (Å²) in [7, 11) is -1.90. The van der Waals surface area contributed by atoms with Crippen molar-refractivity contribution in [2.45, 2.75) is 25.3 Å². The minimum Gasteiger partial charge on any atom is -0.313 e. The number of hydrogen-bond donors (Lipinski definition) is 1. The summed E-state index contributed by atoms with van der Waals surface area (Å²) in [5, 5.41) is 3.65. The van der Waals surface area contributed by atoms with Gasteiger partial charge in [-0.15, -0.1) is 0 Å². The second kappa shape index (κ2) is 8.39. The molecule has 0 saturated heterocycles. The lowest BCUT2D eigenvalue weighted by atomic mass is 10.1. The average Bonchev–Trinajstić information content (AvgIpc) is 2.44. The highest BCUT2D eigenvalue weighted by Crippen LogP contribution is 2.26. The maximum absolute atomic E-state index is 12.7. The van der Waals surface area contributed by atoms with Crippen LogP contribution in [0.4, 0.5) is 0 Å². The van der Waals surface area contributed by atoms with Gasteiger partial charge in [0, 0.05) is 30.9 Å². The van der Waals surface area contributed by atoms with Crippen LogP contribution in [0.15, 0.2) is 17.0 Å². The molecule has 0 aliphatic carbocycles. The number of nitrogens with one attached hydrogen (secondary N) is 1. The molecule has 0 aliphatic rings. The minimum atomic E-state index is -3.50. The van der Waals surface area contributed by atoms with Crippen molar-refractivity contribution in [1.29, 1.82) is 0 Å². The molecule has 4 nitrogen and oxygen atoms in total. The van der Waals surface area contributed by atoms with E-state index in [1.54, 1.807) is 18.8 Å². The molecule has 0 bridgehead atoms. The van der Waals surface area contributed by atoms with Crippen molar-refractivity contribution in [3.05, 3.63) is 28.3 Å². The van der Waals surface area contributed by atoms with E-state index < -0.39 is 10.0 Å². The van der Waals surface area contributed by atoms with Crippen LogP contribution >= 0.6 is 23.4 Å². The summed E-state index contributed by atoms with van der Waals surface area (Å²) in [6, 6.07) is 3.36. The SMILES string of the molecule is CCNCc1cc(Cl)cc(S(=O)(=O)N(C)CCSC)c1C. The Kier molecular flexibility index (Phi) is 7.50. The molecule has 0 atom stereocenters. The molecule has 0 unspecified atom stereocenters. The highest BCUT2D eigenvalue weighted by Gasteiger charge is 2.24. The van der Waals surface area contributed by atoms with Gasteiger partial charge in [-0.2, -0.15) is 11.8 Å². The van der Waals surface area contributed by atoms with Gasteiger partial charge in [0.25, 0.3) is 0 Å². The van der Waals surface area contributed by atoms with E-state index in [9.17, 15) is 8.42 Å². The molecule has 0 radical (unpaired) electrons. The lowest BCUT2D eigenvalue weighted by Gasteiger charge is -2.20. The Bertz CT molecular complexity index is 577. The first-order valence-corrected chi connectivity index (χ1v) is 10.0. The number of thioether (sulfide) groups is 1. The topological polar surface area (TPSA) is 49.4 Å². The molecule has 1 N–H and O–H groups in total. The summed E-state index contributed by atoms with van der Waals surface area (Å²) < 4.78 is 26.7. The van der Waals surface area contributed by atoms with Gasteiger partial charge in [-0.05, 0) is 43.0 Å². The number of hydrogen-bond acceptors (Lipinski definition) is 4. The molecule has 1 aromatic rings. The zero-order valence-corrected chi connectivity index (χ0v) is 15.3. The Morgan fingerprint density at radius 2 is 2.05 bits per heavy atom. The molecular weight excluding hydrogens is 328 g/mol. The second-order valence-electron chi connectivity index (χ2n) is 4.79. The molecule has 7 heteroatoms. The van der Waals surface area contributed by atoms with Crippen LogP contribution < -0.4 is 5.32 Å². The summed E-state index contributed by atoms with van der Waals surface area (Å²) in [6.45, 7) is 5.76. The quantitative estimate of drug-likeness (QED) is 0.783. The Morgan fingerprint density at radius 3 is 2.62 bits per heavy atom. The van der Waals surface area contributed by atoms with Gasteiger partial charge in [-0.1, -0.05) is 18.5 Å². The van der Waals surface area contributed by atoms with Gasteiger partial charge in [0.15, 0.2) is 0 Å². The summed E-state index contributed by atoms with van der Waals surface area (Å²) in [4.78, 5) is 0.298. The van der Waals surface area contributed by atoms with Crippen LogP contribution in [0, 0.1) is 6.92 Å². The molecular formula is C14H23ClN2O2S2. The van der Waals surface area contributed by atoms with Gasteiger partial charge in [0.05, 0.1) is 4.90 Å². The van der Waals surface area contributed by atoms with Crippen molar-refractivity contribution in [3.63, 3.8) is 0 Å². The summed E-state index contributed by atoms with van der Waals surface area (Å²) in [6.07, 6.45) is 1.96. The summed E-state index contributed by atoms with van der Waals surface area (Å²) in [5.41, 5.74) is 1.68. The van der Waals surface area contributed by atoms with E-state index in [-0.39, 0.29) is 0 Å². The predicted molar refractivity (Wildman–Crippen MR) is 91.8 cm³/mol. The zero-order valence-electron chi connectivity index (χ0n) is 12.9. The van der Waals surface area contributed by atoms with Crippen LogP contribution in [-0.2, 0) is 16.6 Å². The van der Waals surface area contributed by atoms with Crippen LogP contribution in [0.2, 0.25) is 5.02 Å². The third-order valence-electron chi connectivity index (χ3n) is 3.30. The number of nitrogens with zero attached hydrogens (tertiary/aromatic N) is 1. The molecule has 0 saturated carbocycles. The van der Waals surface area contributed by atoms with Gasteiger partial charge in [0.1, 0.15) is 0 Å². The smallest absolute Gasteiger partial charge is 0.243 e. The molecule has 0 aromatic heterocycles. The van der Waals surface area contributed by atoms with Crippen molar-refractivity contribution in [2.75, 3.05) is 32.1 Å². The summed E-state index contributed by atoms with van der Waals surface area (Å²) in [5.74, 6) is 0.763. The van der Waals surface area contributed by atoms with Gasteiger partial charge >= 0.3 is 0 Å². The molecule has 0 heterocycles. The van der Waals surface area contributed by atoms with Gasteiger partial charge in [-0.25, -0.2) is 12.7 Å². The molecule has 21 heavy (non-hydrogen) atoms. The minimum absolute atomic E-state index is 0.298. The number of benzene rings is 1. The first-order valence-electron chi connectivity index (χ1n) is 6.79. The third-order valence-corrected chi connectivity index (χ3v) is 6.09. The van der Waals surface area contributed by atoms with Crippen LogP contribution in [0.5, 0.6) is 0 Å². The Labute approximate surface area is 137 Å². The van der Waals surface area contributed by atoms with Gasteiger partial charge in [0.2, 0.25) is 10.0 Å². The Hall–Kier alpha value is -0.270. The van der Waals surface area contributed by atoms with E-state index in [2.05, 4.69) is 5.32 Å². The maximum atomic E-state index is 12.7. The molecule has 0 spiro atoms. The maximum Gasteiger partial charge on any atom is 0.243 e. The van der Waals surface area contributed by atoms with E-state index in [1.807, 2.05) is 26.2 Å². The van der Waals surface area contributed by atoms with Gasteiger partial charge in [-0.3, -0.25) is 0 Å². The lowest BCUT2D eigenvalue weighted by molar-refractivity contribution is 0.488. The number of sulfonamides is 1. The van der Waals surface area contributed by atoms with E-state index >= 15 is 0 Å². The molecule has 120 valence electrons. The van der Waals surface area contributed by atoms with Crippen molar-refractivity contribution in [3.8, 4) is 0 Å². The molecule has 0 aliphatic heterocycles. The largest absolute Gasteiger partial charge is 0.313 e. The molecule has 0 amide bonds. The number of halogens is 1. The van der Waals surface area contributed by atoms with Gasteiger partial charge < -0.3 is 5.32 Å². The molecule has 1 aromatic carbocycles. The average molecular weight is 351 g/mol. The monoisotopic (exact) mass is 350 g/mol.